The molecule has 1 saturated heterocycles. The molecule has 0 atom stereocenters. The summed E-state index contributed by atoms with van der Waals surface area (Å²) in [5.41, 5.74) is 7.59. The van der Waals surface area contributed by atoms with Crippen LogP contribution in [0.15, 0.2) is 18.3 Å². The van der Waals surface area contributed by atoms with Crippen molar-refractivity contribution < 1.29 is 0 Å². The number of fused-ring (bicyclic) bond motifs is 1. The van der Waals surface area contributed by atoms with Gasteiger partial charge in [0, 0.05) is 13.1 Å². The Morgan fingerprint density at radius 1 is 1.29 bits per heavy atom. The number of anilines is 2. The Balaban J connectivity index is 1.89. The molecule has 0 saturated carbocycles. The van der Waals surface area contributed by atoms with E-state index in [1.165, 1.54) is 18.5 Å². The molecular weight excluding hydrogens is 214 g/mol. The topological polar surface area (TPSA) is 59.5 Å². The Labute approximate surface area is 100 Å². The normalized spacial score (nSPS) is 17.8. The van der Waals surface area contributed by atoms with E-state index < -0.39 is 0 Å². The first-order valence-corrected chi connectivity index (χ1v) is 6.09. The smallest absolute Gasteiger partial charge is 0.240 e. The highest BCUT2D eigenvalue weighted by atomic mass is 15.3. The number of rotatable bonds is 1. The molecule has 0 radical (unpaired) electrons. The molecule has 2 aromatic rings. The minimum absolute atomic E-state index is 0.328. The highest BCUT2D eigenvalue weighted by Gasteiger charge is 2.16. The van der Waals surface area contributed by atoms with Crippen LogP contribution in [0.2, 0.25) is 0 Å². The fourth-order valence-electron chi connectivity index (χ4n) is 2.34. The molecule has 1 aliphatic heterocycles. The number of piperidine rings is 1. The molecule has 1 aliphatic rings. The largest absolute Gasteiger partial charge is 0.370 e. The van der Waals surface area contributed by atoms with Crippen molar-refractivity contribution in [1.29, 1.82) is 0 Å². The van der Waals surface area contributed by atoms with Crippen molar-refractivity contribution in [3.63, 3.8) is 0 Å². The van der Waals surface area contributed by atoms with E-state index in [2.05, 4.69) is 28.0 Å². The van der Waals surface area contributed by atoms with Crippen molar-refractivity contribution in [2.45, 2.75) is 19.8 Å². The van der Waals surface area contributed by atoms with Gasteiger partial charge < -0.3 is 10.6 Å². The second-order valence-electron chi connectivity index (χ2n) is 4.83. The minimum atomic E-state index is 0.328. The first-order valence-electron chi connectivity index (χ1n) is 6.09. The summed E-state index contributed by atoms with van der Waals surface area (Å²) in [6.45, 7) is 4.56. The fraction of sp³-hybridized carbons (Fsp3) is 0.500. The van der Waals surface area contributed by atoms with Gasteiger partial charge in [-0.15, -0.1) is 5.10 Å². The number of nitrogen functional groups attached to an aromatic ring is 1. The lowest BCUT2D eigenvalue weighted by molar-refractivity contribution is 0.438. The maximum Gasteiger partial charge on any atom is 0.240 e. The lowest BCUT2D eigenvalue weighted by atomic mass is 9.99. The van der Waals surface area contributed by atoms with E-state index in [1.54, 1.807) is 4.52 Å². The molecule has 1 fully saturated rings. The molecule has 17 heavy (non-hydrogen) atoms. The molecule has 0 bridgehead atoms. The number of hydrogen-bond acceptors (Lipinski definition) is 4. The highest BCUT2D eigenvalue weighted by Crippen LogP contribution is 2.23. The van der Waals surface area contributed by atoms with E-state index in [-0.39, 0.29) is 0 Å². The van der Waals surface area contributed by atoms with Gasteiger partial charge in [0.05, 0.1) is 11.9 Å². The number of nitrogens with zero attached hydrogens (tertiary/aromatic N) is 4. The van der Waals surface area contributed by atoms with Gasteiger partial charge in [-0.1, -0.05) is 6.92 Å². The zero-order chi connectivity index (χ0) is 11.8. The third-order valence-corrected chi connectivity index (χ3v) is 3.48. The van der Waals surface area contributed by atoms with Crippen molar-refractivity contribution in [3.05, 3.63) is 18.3 Å². The molecular formula is C12H17N5. The molecule has 0 aromatic carbocycles. The van der Waals surface area contributed by atoms with Crippen LogP contribution < -0.4 is 10.6 Å². The average molecular weight is 231 g/mol. The van der Waals surface area contributed by atoms with Crippen LogP contribution in [-0.2, 0) is 0 Å². The highest BCUT2D eigenvalue weighted by molar-refractivity contribution is 5.52. The van der Waals surface area contributed by atoms with Gasteiger partial charge in [0.2, 0.25) is 5.95 Å². The molecule has 3 heterocycles. The number of aromatic nitrogens is 3. The van der Waals surface area contributed by atoms with Crippen LogP contribution in [0.5, 0.6) is 0 Å². The zero-order valence-corrected chi connectivity index (χ0v) is 10.0. The Hall–Kier alpha value is -1.78. The maximum absolute atomic E-state index is 5.58. The van der Waals surface area contributed by atoms with E-state index >= 15 is 0 Å². The Bertz CT molecular complexity index is 525. The Morgan fingerprint density at radius 2 is 2.06 bits per heavy atom. The van der Waals surface area contributed by atoms with Crippen LogP contribution in [-0.4, -0.2) is 27.7 Å². The average Bonchev–Trinajstić information content (AvgIpc) is 2.69. The summed E-state index contributed by atoms with van der Waals surface area (Å²) in [6, 6.07) is 4.07. The van der Waals surface area contributed by atoms with Gasteiger partial charge in [0.15, 0.2) is 5.65 Å². The third kappa shape index (κ3) is 1.92. The molecule has 0 spiro atoms. The van der Waals surface area contributed by atoms with E-state index in [0.717, 1.165) is 24.7 Å². The maximum atomic E-state index is 5.58. The van der Waals surface area contributed by atoms with Gasteiger partial charge in [-0.2, -0.15) is 4.98 Å². The monoisotopic (exact) mass is 231 g/mol. The fourth-order valence-corrected chi connectivity index (χ4v) is 2.34. The summed E-state index contributed by atoms with van der Waals surface area (Å²) in [4.78, 5) is 6.52. The number of nitrogens with two attached hydrogens (primary N) is 1. The molecule has 5 heteroatoms. The van der Waals surface area contributed by atoms with Crippen molar-refractivity contribution in [2.24, 2.45) is 5.92 Å². The second-order valence-corrected chi connectivity index (χ2v) is 4.83. The van der Waals surface area contributed by atoms with E-state index in [1.807, 2.05) is 12.3 Å². The van der Waals surface area contributed by atoms with Gasteiger partial charge in [-0.3, -0.25) is 0 Å². The van der Waals surface area contributed by atoms with Crippen LogP contribution >= 0.6 is 0 Å². The Kier molecular flexibility index (Phi) is 2.39. The van der Waals surface area contributed by atoms with Crippen LogP contribution in [0.3, 0.4) is 0 Å². The molecule has 2 aromatic heterocycles. The van der Waals surface area contributed by atoms with Crippen molar-refractivity contribution >= 4 is 17.3 Å². The molecule has 3 rings (SSSR count). The molecule has 90 valence electrons. The van der Waals surface area contributed by atoms with Gasteiger partial charge in [-0.25, -0.2) is 4.52 Å². The zero-order valence-electron chi connectivity index (χ0n) is 10.0. The van der Waals surface area contributed by atoms with Gasteiger partial charge in [0.25, 0.3) is 0 Å². The van der Waals surface area contributed by atoms with Crippen molar-refractivity contribution in [1.82, 2.24) is 14.6 Å². The van der Waals surface area contributed by atoms with Crippen molar-refractivity contribution in [2.75, 3.05) is 23.7 Å². The second kappa shape index (κ2) is 3.91. The predicted octanol–water partition coefficient (Wildman–Crippen LogP) is 1.55. The van der Waals surface area contributed by atoms with Gasteiger partial charge in [0.1, 0.15) is 0 Å². The summed E-state index contributed by atoms with van der Waals surface area (Å²) in [6.07, 6.45) is 4.53. The van der Waals surface area contributed by atoms with Crippen LogP contribution in [0.1, 0.15) is 19.8 Å². The van der Waals surface area contributed by atoms with Gasteiger partial charge >= 0.3 is 0 Å². The molecule has 2 N–H and O–H groups in total. The summed E-state index contributed by atoms with van der Waals surface area (Å²) in [5.74, 6) is 1.17. The minimum Gasteiger partial charge on any atom is -0.370 e. The van der Waals surface area contributed by atoms with E-state index in [4.69, 9.17) is 5.73 Å². The molecule has 0 aliphatic carbocycles. The predicted molar refractivity (Wildman–Crippen MR) is 68.0 cm³/mol. The standard InChI is InChI=1S/C12H17N5/c1-9-4-6-16(7-5-9)10-2-3-11-14-12(13)15-17(11)8-10/h2-3,8-9H,4-7H2,1H3,(H2,13,15). The van der Waals surface area contributed by atoms with E-state index in [0.29, 0.717) is 5.95 Å². The van der Waals surface area contributed by atoms with Crippen LogP contribution in [0.4, 0.5) is 11.6 Å². The van der Waals surface area contributed by atoms with Crippen LogP contribution in [0.25, 0.3) is 5.65 Å². The number of pyridine rings is 1. The summed E-state index contributed by atoms with van der Waals surface area (Å²) < 4.78 is 1.75. The number of hydrogen-bond donors (Lipinski definition) is 1. The third-order valence-electron chi connectivity index (χ3n) is 3.48. The summed E-state index contributed by atoms with van der Waals surface area (Å²) in [5, 5.41) is 4.14. The molecule has 0 unspecified atom stereocenters. The first kappa shape index (κ1) is 10.4. The lowest BCUT2D eigenvalue weighted by Crippen LogP contribution is -2.32. The molecule has 0 amide bonds. The van der Waals surface area contributed by atoms with Crippen molar-refractivity contribution in [3.8, 4) is 0 Å². The van der Waals surface area contributed by atoms with Gasteiger partial charge in [-0.05, 0) is 30.9 Å². The molecule has 5 nitrogen and oxygen atoms in total. The summed E-state index contributed by atoms with van der Waals surface area (Å²) in [7, 11) is 0. The quantitative estimate of drug-likeness (QED) is 0.809. The lowest BCUT2D eigenvalue weighted by Gasteiger charge is -2.31. The van der Waals surface area contributed by atoms with E-state index in [9.17, 15) is 0 Å². The summed E-state index contributed by atoms with van der Waals surface area (Å²) >= 11 is 0. The first-order chi connectivity index (χ1) is 8.22. The SMILES string of the molecule is CC1CCN(c2ccc3nc(N)nn3c2)CC1. The Morgan fingerprint density at radius 3 is 2.82 bits per heavy atom. The van der Waals surface area contributed by atoms with Crippen LogP contribution in [0, 0.1) is 5.92 Å².